The number of nitro benzene ring substituents is 1. The van der Waals surface area contributed by atoms with Gasteiger partial charge in [0.1, 0.15) is 6.04 Å². The summed E-state index contributed by atoms with van der Waals surface area (Å²) in [5.41, 5.74) is 0.736. The summed E-state index contributed by atoms with van der Waals surface area (Å²) in [6, 6.07) is 5.19. The average molecular weight is 346 g/mol. The molecule has 0 saturated heterocycles. The quantitative estimate of drug-likeness (QED) is 0.447. The van der Waals surface area contributed by atoms with Crippen LogP contribution in [-0.2, 0) is 14.3 Å². The second-order valence-electron chi connectivity index (χ2n) is 6.15. The molecule has 3 atom stereocenters. The number of esters is 1. The van der Waals surface area contributed by atoms with Crippen LogP contribution in [-0.4, -0.2) is 34.7 Å². The first kappa shape index (κ1) is 18.6. The third kappa shape index (κ3) is 4.04. The van der Waals surface area contributed by atoms with E-state index in [1.165, 1.54) is 25.3 Å². The molecule has 0 aromatic heterocycles. The van der Waals surface area contributed by atoms with Crippen molar-refractivity contribution in [3.05, 3.63) is 52.2 Å². The molecular formula is C18H22N2O5. The number of hydrogen-bond acceptors (Lipinski definition) is 6. The van der Waals surface area contributed by atoms with Crippen molar-refractivity contribution in [1.29, 1.82) is 0 Å². The minimum Gasteiger partial charge on any atom is -0.467 e. The molecule has 0 amide bonds. The maximum atomic E-state index is 12.3. The summed E-state index contributed by atoms with van der Waals surface area (Å²) >= 11 is 0. The van der Waals surface area contributed by atoms with Crippen LogP contribution in [0, 0.1) is 16.0 Å². The molecule has 25 heavy (non-hydrogen) atoms. The van der Waals surface area contributed by atoms with Gasteiger partial charge >= 0.3 is 5.97 Å². The van der Waals surface area contributed by atoms with Gasteiger partial charge in [0.05, 0.1) is 18.1 Å². The molecule has 7 nitrogen and oxygen atoms in total. The van der Waals surface area contributed by atoms with Crippen molar-refractivity contribution in [1.82, 2.24) is 4.90 Å². The lowest BCUT2D eigenvalue weighted by Gasteiger charge is -2.40. The Bertz CT molecular complexity index is 683. The van der Waals surface area contributed by atoms with Crippen LogP contribution in [0.2, 0.25) is 0 Å². The highest BCUT2D eigenvalue weighted by Gasteiger charge is 2.37. The Morgan fingerprint density at radius 2 is 2.04 bits per heavy atom. The van der Waals surface area contributed by atoms with Crippen molar-refractivity contribution in [3.8, 4) is 0 Å². The molecular weight excluding hydrogens is 324 g/mol. The summed E-state index contributed by atoms with van der Waals surface area (Å²) in [6.45, 7) is 3.94. The number of non-ortho nitro benzene ring substituents is 1. The number of benzene rings is 1. The molecule has 2 rings (SSSR count). The van der Waals surface area contributed by atoms with E-state index in [0.717, 1.165) is 12.0 Å². The molecule has 1 aromatic rings. The molecule has 1 aliphatic rings. The Morgan fingerprint density at radius 1 is 1.40 bits per heavy atom. The van der Waals surface area contributed by atoms with Crippen molar-refractivity contribution in [2.45, 2.75) is 38.8 Å². The Kier molecular flexibility index (Phi) is 5.90. The normalized spacial score (nSPS) is 19.4. The van der Waals surface area contributed by atoms with Crippen LogP contribution >= 0.6 is 0 Å². The van der Waals surface area contributed by atoms with Crippen LogP contribution in [0.4, 0.5) is 5.69 Å². The average Bonchev–Trinajstić information content (AvgIpc) is 2.62. The minimum absolute atomic E-state index is 0.0144. The number of carbonyl (C=O) groups excluding carboxylic acids is 2. The molecule has 0 saturated carbocycles. The molecule has 1 unspecified atom stereocenters. The molecule has 0 spiro atoms. The highest BCUT2D eigenvalue weighted by Crippen LogP contribution is 2.34. The van der Waals surface area contributed by atoms with E-state index in [2.05, 4.69) is 0 Å². The van der Waals surface area contributed by atoms with E-state index < -0.39 is 11.0 Å². The molecule has 1 aliphatic heterocycles. The molecule has 7 heteroatoms. The number of hydrogen-bond donors (Lipinski definition) is 0. The lowest BCUT2D eigenvalue weighted by molar-refractivity contribution is -0.384. The summed E-state index contributed by atoms with van der Waals surface area (Å²) in [7, 11) is 1.34. The Hall–Kier alpha value is -2.70. The zero-order valence-corrected chi connectivity index (χ0v) is 14.5. The van der Waals surface area contributed by atoms with Crippen molar-refractivity contribution in [2.75, 3.05) is 7.11 Å². The number of ether oxygens (including phenoxy) is 1. The summed E-state index contributed by atoms with van der Waals surface area (Å²) < 4.78 is 4.96. The van der Waals surface area contributed by atoms with E-state index in [1.807, 2.05) is 18.7 Å². The molecule has 1 aromatic carbocycles. The predicted molar refractivity (Wildman–Crippen MR) is 91.7 cm³/mol. The van der Waals surface area contributed by atoms with Gasteiger partial charge in [0.2, 0.25) is 0 Å². The van der Waals surface area contributed by atoms with Gasteiger partial charge in [-0.15, -0.1) is 0 Å². The smallest absolute Gasteiger partial charge is 0.328 e. The first-order chi connectivity index (χ1) is 11.9. The Labute approximate surface area is 146 Å². The van der Waals surface area contributed by atoms with Gasteiger partial charge in [0.25, 0.3) is 5.69 Å². The lowest BCUT2D eigenvalue weighted by Crippen LogP contribution is -2.46. The van der Waals surface area contributed by atoms with Crippen LogP contribution in [0.1, 0.15) is 38.3 Å². The molecule has 134 valence electrons. The van der Waals surface area contributed by atoms with Gasteiger partial charge in [0.15, 0.2) is 5.78 Å². The fourth-order valence-electron chi connectivity index (χ4n) is 3.02. The number of ketones is 1. The number of carbonyl (C=O) groups is 2. The largest absolute Gasteiger partial charge is 0.467 e. The second-order valence-corrected chi connectivity index (χ2v) is 6.15. The van der Waals surface area contributed by atoms with Gasteiger partial charge < -0.3 is 9.64 Å². The summed E-state index contributed by atoms with van der Waals surface area (Å²) in [6.07, 6.45) is 4.06. The van der Waals surface area contributed by atoms with E-state index in [9.17, 15) is 19.7 Å². The van der Waals surface area contributed by atoms with Gasteiger partial charge in [-0.2, -0.15) is 0 Å². The number of methoxy groups -OCH3 is 1. The molecule has 0 bridgehead atoms. The molecule has 1 heterocycles. The van der Waals surface area contributed by atoms with Crippen molar-refractivity contribution < 1.29 is 19.2 Å². The standard InChI is InChI=1S/C18H22N2O5/c1-4-12(2)17(18(22)25-3)19-10-9-15(21)11-16(19)13-5-7-14(8-6-13)20(23)24/h5-10,12,16-17H,4,11H2,1-3H3/t12?,16-,17-/m1/s1. The van der Waals surface area contributed by atoms with Gasteiger partial charge in [-0.25, -0.2) is 4.79 Å². The van der Waals surface area contributed by atoms with Crippen LogP contribution in [0.25, 0.3) is 0 Å². The highest BCUT2D eigenvalue weighted by atomic mass is 16.6. The molecule has 0 N–H and O–H groups in total. The zero-order chi connectivity index (χ0) is 18.6. The predicted octanol–water partition coefficient (Wildman–Crippen LogP) is 3.01. The first-order valence-electron chi connectivity index (χ1n) is 8.19. The zero-order valence-electron chi connectivity index (χ0n) is 14.5. The van der Waals surface area contributed by atoms with E-state index >= 15 is 0 Å². The second kappa shape index (κ2) is 7.92. The lowest BCUT2D eigenvalue weighted by atomic mass is 9.90. The van der Waals surface area contributed by atoms with Gasteiger partial charge in [-0.1, -0.05) is 32.4 Å². The third-order valence-corrected chi connectivity index (χ3v) is 4.62. The van der Waals surface area contributed by atoms with Gasteiger partial charge in [0, 0.05) is 24.8 Å². The molecule has 0 radical (unpaired) electrons. The number of allylic oxidation sites excluding steroid dienone is 1. The Balaban J connectivity index is 2.41. The number of nitro groups is 1. The SMILES string of the molecule is CCC(C)[C@H](C(=O)OC)N1C=CC(=O)C[C@@H]1c1ccc([N+](=O)[O-])cc1. The van der Waals surface area contributed by atoms with Crippen molar-refractivity contribution in [2.24, 2.45) is 5.92 Å². The third-order valence-electron chi connectivity index (χ3n) is 4.62. The minimum atomic E-state index is -0.528. The summed E-state index contributed by atoms with van der Waals surface area (Å²) in [4.78, 5) is 36.5. The van der Waals surface area contributed by atoms with E-state index in [4.69, 9.17) is 4.74 Å². The van der Waals surface area contributed by atoms with E-state index in [-0.39, 0.29) is 35.8 Å². The maximum absolute atomic E-state index is 12.3. The molecule has 0 fully saturated rings. The van der Waals surface area contributed by atoms with Crippen molar-refractivity contribution in [3.63, 3.8) is 0 Å². The first-order valence-corrected chi connectivity index (χ1v) is 8.19. The monoisotopic (exact) mass is 346 g/mol. The van der Waals surface area contributed by atoms with Crippen molar-refractivity contribution >= 4 is 17.4 Å². The van der Waals surface area contributed by atoms with Crippen LogP contribution < -0.4 is 0 Å². The Morgan fingerprint density at radius 3 is 2.56 bits per heavy atom. The summed E-state index contributed by atoms with van der Waals surface area (Å²) in [5.74, 6) is -0.390. The molecule has 0 aliphatic carbocycles. The van der Waals surface area contributed by atoms with E-state index in [0.29, 0.717) is 0 Å². The number of nitrogens with zero attached hydrogens (tertiary/aromatic N) is 2. The fraction of sp³-hybridized carbons (Fsp3) is 0.444. The number of rotatable bonds is 6. The fourth-order valence-corrected chi connectivity index (χ4v) is 3.02. The topological polar surface area (TPSA) is 89.8 Å². The van der Waals surface area contributed by atoms with Crippen LogP contribution in [0.5, 0.6) is 0 Å². The highest BCUT2D eigenvalue weighted by molar-refractivity contribution is 5.91. The van der Waals surface area contributed by atoms with Gasteiger partial charge in [-0.05, 0) is 17.6 Å². The van der Waals surface area contributed by atoms with Crippen LogP contribution in [0.3, 0.4) is 0 Å². The summed E-state index contributed by atoms with van der Waals surface area (Å²) in [5, 5.41) is 10.8. The van der Waals surface area contributed by atoms with E-state index in [1.54, 1.807) is 18.3 Å². The van der Waals surface area contributed by atoms with Crippen LogP contribution in [0.15, 0.2) is 36.5 Å². The van der Waals surface area contributed by atoms with Gasteiger partial charge in [-0.3, -0.25) is 14.9 Å². The maximum Gasteiger partial charge on any atom is 0.328 e.